The van der Waals surface area contributed by atoms with E-state index in [9.17, 15) is 0 Å². The minimum Gasteiger partial charge on any atom is -0.309 e. The Morgan fingerprint density at radius 3 is 1.37 bits per heavy atom. The highest BCUT2D eigenvalue weighted by Gasteiger charge is 2.51. The van der Waals surface area contributed by atoms with E-state index in [4.69, 9.17) is 15.0 Å². The average Bonchev–Trinajstić information content (AvgIpc) is 3.57. The Balaban J connectivity index is 1.17. The van der Waals surface area contributed by atoms with Crippen LogP contribution in [0.25, 0.3) is 45.3 Å². The van der Waals surface area contributed by atoms with Gasteiger partial charge in [0.2, 0.25) is 0 Å². The number of hydrogen-bond donors (Lipinski definition) is 0. The number of nitrogens with zero attached hydrogens (tertiary/aromatic N) is 4. The first-order chi connectivity index (χ1) is 30.7. The molecule has 0 unspecified atom stereocenters. The summed E-state index contributed by atoms with van der Waals surface area (Å²) in [6.07, 6.45) is 0. The molecule has 9 aromatic rings. The molecule has 0 radical (unpaired) electrons. The number of fused-ring (bicyclic) bond motifs is 5. The molecular weight excluding hydrogens is 765 g/mol. The van der Waals surface area contributed by atoms with Crippen molar-refractivity contribution in [1.82, 2.24) is 15.0 Å². The van der Waals surface area contributed by atoms with Gasteiger partial charge in [-0.05, 0) is 107 Å². The molecule has 0 fully saturated rings. The van der Waals surface area contributed by atoms with Crippen LogP contribution in [0.2, 0.25) is 0 Å². The first-order valence-electron chi connectivity index (χ1n) is 22.0. The summed E-state index contributed by atoms with van der Waals surface area (Å²) < 4.78 is 0. The van der Waals surface area contributed by atoms with Crippen LogP contribution in [0.4, 0.5) is 17.1 Å². The Morgan fingerprint density at radius 2 is 0.810 bits per heavy atom. The van der Waals surface area contributed by atoms with Crippen LogP contribution in [-0.2, 0) is 10.8 Å². The highest BCUT2D eigenvalue weighted by Crippen LogP contribution is 2.62. The van der Waals surface area contributed by atoms with Crippen molar-refractivity contribution in [3.05, 3.63) is 238 Å². The molecule has 1 aliphatic heterocycles. The lowest BCUT2D eigenvalue weighted by molar-refractivity contribution is 0.625. The maximum absolute atomic E-state index is 5.22. The number of para-hydroxylation sites is 2. The van der Waals surface area contributed by atoms with Crippen molar-refractivity contribution in [1.29, 1.82) is 0 Å². The third-order valence-corrected chi connectivity index (χ3v) is 14.0. The van der Waals surface area contributed by atoms with Crippen LogP contribution in [0.5, 0.6) is 0 Å². The van der Waals surface area contributed by atoms with Gasteiger partial charge in [-0.3, -0.25) is 0 Å². The minimum absolute atomic E-state index is 0.224. The van der Waals surface area contributed by atoms with Crippen molar-refractivity contribution in [3.63, 3.8) is 0 Å². The lowest BCUT2D eigenvalue weighted by Crippen LogP contribution is -2.40. The second-order valence-corrected chi connectivity index (χ2v) is 17.6. The molecular formula is C59H48N4. The summed E-state index contributed by atoms with van der Waals surface area (Å²) in [5, 5.41) is 0. The Kier molecular flexibility index (Phi) is 8.92. The van der Waals surface area contributed by atoms with E-state index >= 15 is 0 Å². The van der Waals surface area contributed by atoms with E-state index in [1.54, 1.807) is 0 Å². The molecule has 1 aliphatic carbocycles. The zero-order valence-corrected chi connectivity index (χ0v) is 36.6. The SMILES string of the molecule is Cc1c(C)c(N2c3ccccc3C(c3ccccc3)(c3cccc4c3C(C)(C)c3ccccc3-4)c3ccccc32)c(C)c(C)c1-c1nc(-c2ccccc2)nc(-c2ccccc2)n1. The molecule has 4 heteroatoms. The molecule has 0 saturated carbocycles. The van der Waals surface area contributed by atoms with Gasteiger partial charge in [0.05, 0.1) is 22.5 Å². The van der Waals surface area contributed by atoms with Crippen LogP contribution in [0.3, 0.4) is 0 Å². The van der Waals surface area contributed by atoms with Crippen LogP contribution in [0, 0.1) is 27.7 Å². The molecule has 11 rings (SSSR count). The Labute approximate surface area is 370 Å². The van der Waals surface area contributed by atoms with Crippen molar-refractivity contribution in [2.45, 2.75) is 52.4 Å². The van der Waals surface area contributed by atoms with Gasteiger partial charge in [0.25, 0.3) is 0 Å². The van der Waals surface area contributed by atoms with E-state index in [1.807, 2.05) is 36.4 Å². The minimum atomic E-state index is -0.631. The number of hydrogen-bond acceptors (Lipinski definition) is 4. The Morgan fingerprint density at radius 1 is 0.381 bits per heavy atom. The van der Waals surface area contributed by atoms with Gasteiger partial charge in [-0.2, -0.15) is 0 Å². The summed E-state index contributed by atoms with van der Waals surface area (Å²) in [6.45, 7) is 13.8. The maximum atomic E-state index is 5.22. The van der Waals surface area contributed by atoms with Crippen LogP contribution in [0.15, 0.2) is 182 Å². The molecule has 63 heavy (non-hydrogen) atoms. The molecule has 304 valence electrons. The van der Waals surface area contributed by atoms with Crippen molar-refractivity contribution in [3.8, 4) is 45.3 Å². The van der Waals surface area contributed by atoms with Gasteiger partial charge in [-0.1, -0.05) is 184 Å². The van der Waals surface area contributed by atoms with Gasteiger partial charge < -0.3 is 4.90 Å². The standard InChI is InChI=1S/C59H48N4/c1-37-39(3)54(40(4)38(2)52(37)57-61-55(41-23-10-7-11-24-41)60-56(62-57)42-25-12-8-13-26-42)63-50-35-20-18-32-47(50)59(43-27-14-9-15-28-43,48-33-19-21-36-51(48)63)49-34-22-30-45-44-29-16-17-31-46(44)58(5,6)53(45)49/h7-36H,1-6H3. The molecule has 4 nitrogen and oxygen atoms in total. The molecule has 0 atom stereocenters. The molecule has 8 aromatic carbocycles. The molecule has 1 aromatic heterocycles. The fourth-order valence-corrected chi connectivity index (χ4v) is 11.0. The molecule has 0 spiro atoms. The number of benzene rings is 8. The second-order valence-electron chi connectivity index (χ2n) is 17.6. The van der Waals surface area contributed by atoms with Gasteiger partial charge in [-0.25, -0.2) is 15.0 Å². The van der Waals surface area contributed by atoms with Crippen LogP contribution < -0.4 is 4.90 Å². The van der Waals surface area contributed by atoms with E-state index in [0.717, 1.165) is 27.8 Å². The van der Waals surface area contributed by atoms with Crippen molar-refractivity contribution >= 4 is 17.1 Å². The Hall–Kier alpha value is -7.43. The summed E-state index contributed by atoms with van der Waals surface area (Å²) in [5.74, 6) is 2.00. The van der Waals surface area contributed by atoms with E-state index in [-0.39, 0.29) is 5.41 Å². The van der Waals surface area contributed by atoms with E-state index < -0.39 is 5.41 Å². The highest BCUT2D eigenvalue weighted by atomic mass is 15.2. The maximum Gasteiger partial charge on any atom is 0.164 e. The smallest absolute Gasteiger partial charge is 0.164 e. The number of anilines is 3. The highest BCUT2D eigenvalue weighted by molar-refractivity contribution is 5.94. The normalized spacial score (nSPS) is 14.1. The second kappa shape index (κ2) is 14.6. The van der Waals surface area contributed by atoms with Crippen molar-refractivity contribution in [2.75, 3.05) is 4.90 Å². The zero-order valence-electron chi connectivity index (χ0n) is 36.6. The fraction of sp³-hybridized carbons (Fsp3) is 0.136. The van der Waals surface area contributed by atoms with E-state index in [2.05, 4.69) is 192 Å². The topological polar surface area (TPSA) is 41.9 Å². The van der Waals surface area contributed by atoms with E-state index in [1.165, 1.54) is 72.7 Å². The first kappa shape index (κ1) is 38.5. The lowest BCUT2D eigenvalue weighted by Gasteiger charge is -2.48. The summed E-state index contributed by atoms with van der Waals surface area (Å²) >= 11 is 0. The largest absolute Gasteiger partial charge is 0.309 e. The number of aromatic nitrogens is 3. The monoisotopic (exact) mass is 812 g/mol. The van der Waals surface area contributed by atoms with Gasteiger partial charge in [0.15, 0.2) is 17.5 Å². The molecule has 2 aliphatic rings. The summed E-state index contributed by atoms with van der Waals surface area (Å²) in [5.41, 5.74) is 20.8. The molecule has 0 amide bonds. The Bertz CT molecular complexity index is 3110. The third kappa shape index (κ3) is 5.64. The summed E-state index contributed by atoms with van der Waals surface area (Å²) in [7, 11) is 0. The summed E-state index contributed by atoms with van der Waals surface area (Å²) in [4.78, 5) is 18.0. The number of rotatable bonds is 6. The van der Waals surface area contributed by atoms with Gasteiger partial charge >= 0.3 is 0 Å². The average molecular weight is 813 g/mol. The van der Waals surface area contributed by atoms with Gasteiger partial charge in [-0.15, -0.1) is 0 Å². The summed E-state index contributed by atoms with van der Waals surface area (Å²) in [6, 6.07) is 65.9. The molecule has 0 N–H and O–H groups in total. The first-order valence-corrected chi connectivity index (χ1v) is 22.0. The van der Waals surface area contributed by atoms with Crippen molar-refractivity contribution in [2.24, 2.45) is 0 Å². The lowest BCUT2D eigenvalue weighted by atomic mass is 9.59. The third-order valence-electron chi connectivity index (χ3n) is 14.0. The van der Waals surface area contributed by atoms with Crippen LogP contribution in [0.1, 0.15) is 69.5 Å². The predicted octanol–water partition coefficient (Wildman–Crippen LogP) is 14.6. The molecule has 2 heterocycles. The molecule has 0 saturated heterocycles. The molecule has 0 bridgehead atoms. The predicted molar refractivity (Wildman–Crippen MR) is 259 cm³/mol. The fourth-order valence-electron chi connectivity index (χ4n) is 11.0. The van der Waals surface area contributed by atoms with Crippen LogP contribution >= 0.6 is 0 Å². The van der Waals surface area contributed by atoms with Gasteiger partial charge in [0, 0.05) is 22.1 Å². The van der Waals surface area contributed by atoms with E-state index in [0.29, 0.717) is 17.5 Å². The van der Waals surface area contributed by atoms with Crippen molar-refractivity contribution < 1.29 is 0 Å². The zero-order chi connectivity index (χ0) is 43.0. The van der Waals surface area contributed by atoms with Crippen LogP contribution in [-0.4, -0.2) is 15.0 Å². The van der Waals surface area contributed by atoms with Gasteiger partial charge in [0.1, 0.15) is 0 Å². The quantitative estimate of drug-likeness (QED) is 0.168.